The van der Waals surface area contributed by atoms with Crippen LogP contribution in [-0.2, 0) is 0 Å². The monoisotopic (exact) mass is 310 g/mol. The third-order valence-corrected chi connectivity index (χ3v) is 5.50. The number of amides is 1. The third-order valence-electron chi connectivity index (χ3n) is 4.50. The van der Waals surface area contributed by atoms with Crippen LogP contribution in [0.4, 0.5) is 10.9 Å². The third kappa shape index (κ3) is 3.13. The summed E-state index contributed by atoms with van der Waals surface area (Å²) in [5, 5.41) is 16.4. The molecule has 7 heteroatoms. The molecule has 1 heterocycles. The molecule has 2 aliphatic carbocycles. The minimum Gasteiger partial charge on any atom is -0.396 e. The molecule has 1 aromatic rings. The van der Waals surface area contributed by atoms with E-state index in [9.17, 15) is 9.90 Å². The lowest BCUT2D eigenvalue weighted by Crippen LogP contribution is -2.38. The van der Waals surface area contributed by atoms with Gasteiger partial charge >= 0.3 is 0 Å². The zero-order valence-corrected chi connectivity index (χ0v) is 12.8. The summed E-state index contributed by atoms with van der Waals surface area (Å²) in [6.45, 7) is 0.123. The highest BCUT2D eigenvalue weighted by Crippen LogP contribution is 2.30. The molecule has 0 aromatic carbocycles. The predicted octanol–water partition coefficient (Wildman–Crippen LogP) is 1.58. The number of aromatic nitrogens is 1. The van der Waals surface area contributed by atoms with Crippen molar-refractivity contribution < 1.29 is 9.90 Å². The van der Waals surface area contributed by atoms with E-state index in [0.717, 1.165) is 37.2 Å². The normalized spacial score (nSPS) is 25.6. The van der Waals surface area contributed by atoms with Gasteiger partial charge in [-0.05, 0) is 32.1 Å². The highest BCUT2D eigenvalue weighted by atomic mass is 32.1. The van der Waals surface area contributed by atoms with Gasteiger partial charge in [0.25, 0.3) is 5.91 Å². The quantitative estimate of drug-likeness (QED) is 0.661. The summed E-state index contributed by atoms with van der Waals surface area (Å²) in [7, 11) is 0. The van der Waals surface area contributed by atoms with E-state index in [2.05, 4.69) is 15.6 Å². The smallest absolute Gasteiger partial charge is 0.265 e. The fraction of sp³-hybridized carbons (Fsp3) is 0.714. The van der Waals surface area contributed by atoms with Gasteiger partial charge in [-0.25, -0.2) is 4.98 Å². The maximum absolute atomic E-state index is 12.3. The Balaban J connectivity index is 1.63. The van der Waals surface area contributed by atoms with Gasteiger partial charge < -0.3 is 21.5 Å². The van der Waals surface area contributed by atoms with E-state index < -0.39 is 0 Å². The minimum absolute atomic E-state index is 0.0482. The van der Waals surface area contributed by atoms with E-state index in [0.29, 0.717) is 10.9 Å². The Morgan fingerprint density at radius 3 is 2.76 bits per heavy atom. The van der Waals surface area contributed by atoms with Gasteiger partial charge in [-0.15, -0.1) is 0 Å². The van der Waals surface area contributed by atoms with E-state index in [1.54, 1.807) is 0 Å². The Hall–Kier alpha value is -1.34. The van der Waals surface area contributed by atoms with Crippen LogP contribution in [0.3, 0.4) is 0 Å². The molecule has 1 aromatic heterocycles. The largest absolute Gasteiger partial charge is 0.396 e. The lowest BCUT2D eigenvalue weighted by atomic mass is 9.93. The van der Waals surface area contributed by atoms with Gasteiger partial charge in [0, 0.05) is 24.6 Å². The fourth-order valence-corrected chi connectivity index (χ4v) is 3.83. The van der Waals surface area contributed by atoms with Crippen LogP contribution >= 0.6 is 11.3 Å². The first-order chi connectivity index (χ1) is 10.2. The van der Waals surface area contributed by atoms with E-state index in [4.69, 9.17) is 5.73 Å². The molecule has 21 heavy (non-hydrogen) atoms. The first kappa shape index (κ1) is 14.6. The molecule has 2 aliphatic rings. The molecule has 2 saturated carbocycles. The molecular weight excluding hydrogens is 288 g/mol. The Bertz CT molecular complexity index is 515. The SMILES string of the molecule is Nc1nc(NC2CCC2)sc1C(=O)NC1CCCC1CO. The molecule has 0 saturated heterocycles. The number of aliphatic hydroxyl groups excluding tert-OH is 1. The second-order valence-electron chi connectivity index (χ2n) is 5.96. The van der Waals surface area contributed by atoms with E-state index in [1.165, 1.54) is 17.8 Å². The number of nitrogen functional groups attached to an aromatic ring is 1. The highest BCUT2D eigenvalue weighted by molar-refractivity contribution is 7.18. The molecule has 116 valence electrons. The zero-order chi connectivity index (χ0) is 14.8. The van der Waals surface area contributed by atoms with Crippen molar-refractivity contribution in [3.8, 4) is 0 Å². The average Bonchev–Trinajstić information content (AvgIpc) is 3.00. The van der Waals surface area contributed by atoms with E-state index in [1.807, 2.05) is 0 Å². The van der Waals surface area contributed by atoms with Gasteiger partial charge in [0.15, 0.2) is 5.13 Å². The number of nitrogens with zero attached hydrogens (tertiary/aromatic N) is 1. The number of aliphatic hydroxyl groups is 1. The number of carbonyl (C=O) groups is 1. The molecule has 0 aliphatic heterocycles. The minimum atomic E-state index is -0.169. The van der Waals surface area contributed by atoms with Gasteiger partial charge in [0.05, 0.1) is 0 Å². The van der Waals surface area contributed by atoms with Crippen LogP contribution in [0, 0.1) is 5.92 Å². The summed E-state index contributed by atoms with van der Waals surface area (Å²) in [5.74, 6) is 0.283. The van der Waals surface area contributed by atoms with Crippen molar-refractivity contribution in [1.82, 2.24) is 10.3 Å². The first-order valence-electron chi connectivity index (χ1n) is 7.62. The summed E-state index contributed by atoms with van der Waals surface area (Å²) in [6, 6.07) is 0.520. The highest BCUT2D eigenvalue weighted by Gasteiger charge is 2.29. The van der Waals surface area contributed by atoms with Crippen LogP contribution < -0.4 is 16.4 Å². The number of anilines is 2. The number of hydrogen-bond donors (Lipinski definition) is 4. The van der Waals surface area contributed by atoms with E-state index in [-0.39, 0.29) is 30.3 Å². The molecule has 0 spiro atoms. The number of hydrogen-bond acceptors (Lipinski definition) is 6. The van der Waals surface area contributed by atoms with Crippen LogP contribution in [0.5, 0.6) is 0 Å². The topological polar surface area (TPSA) is 100 Å². The lowest BCUT2D eigenvalue weighted by Gasteiger charge is -2.25. The van der Waals surface area contributed by atoms with Crippen LogP contribution in [0.2, 0.25) is 0 Å². The maximum atomic E-state index is 12.3. The molecular formula is C14H22N4O2S. The summed E-state index contributed by atoms with van der Waals surface area (Å²) in [6.07, 6.45) is 6.48. The number of carbonyl (C=O) groups excluding carboxylic acids is 1. The average molecular weight is 310 g/mol. The fourth-order valence-electron chi connectivity index (χ4n) is 2.96. The standard InChI is InChI=1S/C14H22N4O2S/c15-12-11(21-14(18-12)16-9-4-2-5-9)13(20)17-10-6-1-3-8(10)7-19/h8-10,19H,1-7,15H2,(H,16,18)(H,17,20). The molecule has 1 amide bonds. The van der Waals surface area contributed by atoms with Crippen molar-refractivity contribution in [2.24, 2.45) is 5.92 Å². The van der Waals surface area contributed by atoms with Crippen molar-refractivity contribution in [3.05, 3.63) is 4.88 Å². The molecule has 5 N–H and O–H groups in total. The van der Waals surface area contributed by atoms with Crippen LogP contribution in [0.1, 0.15) is 48.2 Å². The molecule has 0 bridgehead atoms. The lowest BCUT2D eigenvalue weighted by molar-refractivity contribution is 0.0921. The van der Waals surface area contributed by atoms with Crippen molar-refractivity contribution >= 4 is 28.2 Å². The summed E-state index contributed by atoms with van der Waals surface area (Å²) in [5.41, 5.74) is 5.87. The second-order valence-corrected chi connectivity index (χ2v) is 6.96. The summed E-state index contributed by atoms with van der Waals surface area (Å²) < 4.78 is 0. The molecule has 0 radical (unpaired) electrons. The Morgan fingerprint density at radius 1 is 1.33 bits per heavy atom. The Morgan fingerprint density at radius 2 is 2.10 bits per heavy atom. The van der Waals surface area contributed by atoms with E-state index >= 15 is 0 Å². The maximum Gasteiger partial charge on any atom is 0.265 e. The predicted molar refractivity (Wildman–Crippen MR) is 83.5 cm³/mol. The summed E-state index contributed by atoms with van der Waals surface area (Å²) in [4.78, 5) is 17.1. The van der Waals surface area contributed by atoms with Gasteiger partial charge in [0.1, 0.15) is 10.7 Å². The van der Waals surface area contributed by atoms with Crippen molar-refractivity contribution in [1.29, 1.82) is 0 Å². The van der Waals surface area contributed by atoms with Crippen LogP contribution in [0.15, 0.2) is 0 Å². The number of nitrogens with two attached hydrogens (primary N) is 1. The van der Waals surface area contributed by atoms with Crippen molar-refractivity contribution in [2.45, 2.75) is 50.6 Å². The molecule has 2 unspecified atom stereocenters. The first-order valence-corrected chi connectivity index (χ1v) is 8.43. The van der Waals surface area contributed by atoms with Gasteiger partial charge in [0.2, 0.25) is 0 Å². The molecule has 2 fully saturated rings. The second kappa shape index (κ2) is 6.19. The van der Waals surface area contributed by atoms with Crippen LogP contribution in [-0.4, -0.2) is 34.7 Å². The number of nitrogens with one attached hydrogen (secondary N) is 2. The summed E-state index contributed by atoms with van der Waals surface area (Å²) >= 11 is 1.32. The van der Waals surface area contributed by atoms with Crippen molar-refractivity contribution in [3.63, 3.8) is 0 Å². The van der Waals surface area contributed by atoms with Gasteiger partial charge in [-0.2, -0.15) is 0 Å². The molecule has 2 atom stereocenters. The molecule has 6 nitrogen and oxygen atoms in total. The zero-order valence-electron chi connectivity index (χ0n) is 12.0. The van der Waals surface area contributed by atoms with Crippen LogP contribution in [0.25, 0.3) is 0 Å². The Labute approximate surface area is 128 Å². The van der Waals surface area contributed by atoms with Gasteiger partial charge in [-0.3, -0.25) is 4.79 Å². The van der Waals surface area contributed by atoms with Crippen molar-refractivity contribution in [2.75, 3.05) is 17.7 Å². The number of thiazole rings is 1. The number of rotatable bonds is 5. The molecule has 3 rings (SSSR count). The van der Waals surface area contributed by atoms with Gasteiger partial charge in [-0.1, -0.05) is 17.8 Å². The Kier molecular flexibility index (Phi) is 4.30.